The van der Waals surface area contributed by atoms with E-state index in [2.05, 4.69) is 10.6 Å². The third-order valence-corrected chi connectivity index (χ3v) is 5.59. The fourth-order valence-corrected chi connectivity index (χ4v) is 3.77. The van der Waals surface area contributed by atoms with Crippen LogP contribution in [0.1, 0.15) is 44.0 Å². The van der Waals surface area contributed by atoms with Crippen LogP contribution in [-0.2, 0) is 9.59 Å². The van der Waals surface area contributed by atoms with Crippen molar-refractivity contribution in [2.45, 2.75) is 45.8 Å². The third kappa shape index (κ3) is 6.63. The molecule has 0 spiro atoms. The van der Waals surface area contributed by atoms with Crippen molar-refractivity contribution in [1.82, 2.24) is 10.2 Å². The quantitative estimate of drug-likeness (QED) is 0.577. The Bertz CT molecular complexity index is 1030. The van der Waals surface area contributed by atoms with E-state index in [1.807, 2.05) is 45.0 Å². The molecule has 2 aromatic carbocycles. The average Bonchev–Trinajstić information content (AvgIpc) is 2.81. The first-order valence-electron chi connectivity index (χ1n) is 11.4. The minimum absolute atomic E-state index is 0.0395. The minimum atomic E-state index is -0.802. The molecule has 8 nitrogen and oxygen atoms in total. The lowest BCUT2D eigenvalue weighted by molar-refractivity contribution is -0.144. The van der Waals surface area contributed by atoms with Gasteiger partial charge in [-0.3, -0.25) is 14.4 Å². The molecule has 0 unspecified atom stereocenters. The molecular formula is C25H30ClN3O5. The zero-order chi connectivity index (χ0) is 24.7. The van der Waals surface area contributed by atoms with E-state index >= 15 is 0 Å². The van der Waals surface area contributed by atoms with Gasteiger partial charge in [0.05, 0.1) is 17.3 Å². The van der Waals surface area contributed by atoms with Crippen molar-refractivity contribution in [1.29, 1.82) is 0 Å². The number of hydrogen-bond acceptors (Lipinski definition) is 5. The molecule has 1 aliphatic heterocycles. The molecule has 0 aliphatic carbocycles. The number of nitrogens with one attached hydrogen (secondary N) is 2. The summed E-state index contributed by atoms with van der Waals surface area (Å²) in [5.74, 6) is -0.390. The van der Waals surface area contributed by atoms with E-state index in [1.165, 1.54) is 17.0 Å². The van der Waals surface area contributed by atoms with Crippen LogP contribution >= 0.6 is 11.6 Å². The highest BCUT2D eigenvalue weighted by molar-refractivity contribution is 6.41. The normalized spacial score (nSPS) is 14.0. The summed E-state index contributed by atoms with van der Waals surface area (Å²) in [6.45, 7) is 6.92. The van der Waals surface area contributed by atoms with Gasteiger partial charge in [-0.05, 0) is 51.1 Å². The lowest BCUT2D eigenvalue weighted by Gasteiger charge is -2.32. The fraction of sp³-hybridized carbons (Fsp3) is 0.400. The van der Waals surface area contributed by atoms with Gasteiger partial charge in [0.25, 0.3) is 5.91 Å². The Morgan fingerprint density at radius 1 is 1.09 bits per heavy atom. The van der Waals surface area contributed by atoms with Crippen LogP contribution in [0.4, 0.5) is 5.69 Å². The number of benzene rings is 2. The van der Waals surface area contributed by atoms with E-state index < -0.39 is 11.8 Å². The van der Waals surface area contributed by atoms with Gasteiger partial charge in [-0.25, -0.2) is 0 Å². The number of carbonyl (C=O) groups excluding carboxylic acids is 3. The van der Waals surface area contributed by atoms with E-state index in [0.717, 1.165) is 0 Å². The van der Waals surface area contributed by atoms with Crippen molar-refractivity contribution in [3.8, 4) is 11.5 Å². The summed E-state index contributed by atoms with van der Waals surface area (Å²) >= 11 is 6.17. The van der Waals surface area contributed by atoms with Gasteiger partial charge >= 0.3 is 11.8 Å². The number of likely N-dealkylation sites (tertiary alicyclic amines) is 1. The van der Waals surface area contributed by atoms with E-state index in [4.69, 9.17) is 21.1 Å². The fourth-order valence-electron chi connectivity index (χ4n) is 3.61. The van der Waals surface area contributed by atoms with E-state index in [1.54, 1.807) is 6.07 Å². The van der Waals surface area contributed by atoms with Crippen LogP contribution < -0.4 is 20.1 Å². The topological polar surface area (TPSA) is 97.0 Å². The molecule has 3 rings (SSSR count). The lowest BCUT2D eigenvalue weighted by Crippen LogP contribution is -2.46. The summed E-state index contributed by atoms with van der Waals surface area (Å²) in [5.41, 5.74) is 0.549. The first-order valence-corrected chi connectivity index (χ1v) is 11.8. The third-order valence-electron chi connectivity index (χ3n) is 5.26. The molecule has 0 atom stereocenters. The van der Waals surface area contributed by atoms with E-state index in [-0.39, 0.29) is 28.8 Å². The Kier molecular flexibility index (Phi) is 8.76. The van der Waals surface area contributed by atoms with Gasteiger partial charge in [-0.1, -0.05) is 23.7 Å². The summed E-state index contributed by atoms with van der Waals surface area (Å²) in [4.78, 5) is 39.1. The molecule has 0 bridgehead atoms. The molecule has 0 saturated carbocycles. The standard InChI is InChI=1S/C25H30ClN3O5/c1-4-33-21-7-5-6-8-22(21)34-18-11-13-29(14-12-18)25(32)24(31)28-20-15-17(9-10-19(20)26)23(30)27-16(2)3/h5-10,15-16,18H,4,11-14H2,1-3H3,(H,27,30)(H,28,31). The second-order valence-corrected chi connectivity index (χ2v) is 8.67. The Morgan fingerprint density at radius 2 is 1.76 bits per heavy atom. The van der Waals surface area contributed by atoms with Crippen LogP contribution in [0.3, 0.4) is 0 Å². The van der Waals surface area contributed by atoms with Gasteiger partial charge in [0.1, 0.15) is 6.10 Å². The van der Waals surface area contributed by atoms with Gasteiger partial charge in [0.15, 0.2) is 11.5 Å². The van der Waals surface area contributed by atoms with Crippen LogP contribution in [0.2, 0.25) is 5.02 Å². The Hall–Kier alpha value is -3.26. The second-order valence-electron chi connectivity index (χ2n) is 8.27. The van der Waals surface area contributed by atoms with Crippen LogP contribution in [0, 0.1) is 0 Å². The van der Waals surface area contributed by atoms with Gasteiger partial charge in [-0.2, -0.15) is 0 Å². The maximum atomic E-state index is 12.7. The van der Waals surface area contributed by atoms with Crippen LogP contribution in [0.15, 0.2) is 42.5 Å². The van der Waals surface area contributed by atoms with E-state index in [0.29, 0.717) is 49.6 Å². The monoisotopic (exact) mass is 487 g/mol. The zero-order valence-electron chi connectivity index (χ0n) is 19.6. The predicted molar refractivity (Wildman–Crippen MR) is 131 cm³/mol. The highest BCUT2D eigenvalue weighted by atomic mass is 35.5. The van der Waals surface area contributed by atoms with Gasteiger partial charge in [0.2, 0.25) is 0 Å². The van der Waals surface area contributed by atoms with Crippen molar-refractivity contribution in [3.05, 3.63) is 53.1 Å². The first kappa shape index (κ1) is 25.4. The lowest BCUT2D eigenvalue weighted by atomic mass is 10.1. The highest BCUT2D eigenvalue weighted by Gasteiger charge is 2.29. The molecule has 1 aliphatic rings. The van der Waals surface area contributed by atoms with Crippen LogP contribution in [0.5, 0.6) is 11.5 Å². The number of anilines is 1. The summed E-state index contributed by atoms with van der Waals surface area (Å²) in [5, 5.41) is 5.55. The molecule has 182 valence electrons. The Labute approximate surface area is 204 Å². The summed E-state index contributed by atoms with van der Waals surface area (Å²) in [7, 11) is 0. The number of carbonyl (C=O) groups is 3. The number of halogens is 1. The minimum Gasteiger partial charge on any atom is -0.490 e. The largest absolute Gasteiger partial charge is 0.490 e. The number of ether oxygens (including phenoxy) is 2. The molecule has 9 heteroatoms. The molecule has 1 saturated heterocycles. The van der Waals surface area contributed by atoms with Gasteiger partial charge in [0, 0.05) is 37.5 Å². The number of hydrogen-bond donors (Lipinski definition) is 2. The van der Waals surface area contributed by atoms with Crippen LogP contribution in [0.25, 0.3) is 0 Å². The van der Waals surface area contributed by atoms with Gasteiger partial charge < -0.3 is 25.0 Å². The van der Waals surface area contributed by atoms with Crippen molar-refractivity contribution < 1.29 is 23.9 Å². The molecule has 3 amide bonds. The molecule has 0 aromatic heterocycles. The van der Waals surface area contributed by atoms with Gasteiger partial charge in [-0.15, -0.1) is 0 Å². The van der Waals surface area contributed by atoms with Crippen molar-refractivity contribution in [2.75, 3.05) is 25.0 Å². The summed E-state index contributed by atoms with van der Waals surface area (Å²) in [6, 6.07) is 12.0. The van der Waals surface area contributed by atoms with E-state index in [9.17, 15) is 14.4 Å². The number of amides is 3. The number of nitrogens with zero attached hydrogens (tertiary/aromatic N) is 1. The molecular weight excluding hydrogens is 458 g/mol. The summed E-state index contributed by atoms with van der Waals surface area (Å²) in [6.07, 6.45) is 1.09. The van der Waals surface area contributed by atoms with Crippen molar-refractivity contribution >= 4 is 35.0 Å². The molecule has 2 N–H and O–H groups in total. The predicted octanol–water partition coefficient (Wildman–Crippen LogP) is 3.89. The molecule has 34 heavy (non-hydrogen) atoms. The Balaban J connectivity index is 1.56. The van der Waals surface area contributed by atoms with Crippen molar-refractivity contribution in [3.63, 3.8) is 0 Å². The maximum absolute atomic E-state index is 12.7. The average molecular weight is 488 g/mol. The smallest absolute Gasteiger partial charge is 0.313 e. The SMILES string of the molecule is CCOc1ccccc1OC1CCN(C(=O)C(=O)Nc2cc(C(=O)NC(C)C)ccc2Cl)CC1. The molecule has 1 heterocycles. The summed E-state index contributed by atoms with van der Waals surface area (Å²) < 4.78 is 11.7. The molecule has 2 aromatic rings. The van der Waals surface area contributed by atoms with Crippen molar-refractivity contribution in [2.24, 2.45) is 0 Å². The molecule has 1 fully saturated rings. The molecule has 0 radical (unpaired) electrons. The Morgan fingerprint density at radius 3 is 2.41 bits per heavy atom. The second kappa shape index (κ2) is 11.7. The highest BCUT2D eigenvalue weighted by Crippen LogP contribution is 2.29. The number of rotatable bonds is 7. The first-order chi connectivity index (χ1) is 16.3. The zero-order valence-corrected chi connectivity index (χ0v) is 20.4. The number of piperidine rings is 1. The number of para-hydroxylation sites is 2. The maximum Gasteiger partial charge on any atom is 0.313 e. The van der Waals surface area contributed by atoms with Crippen LogP contribution in [-0.4, -0.2) is 54.5 Å².